The van der Waals surface area contributed by atoms with Crippen molar-refractivity contribution in [2.45, 2.75) is 38.9 Å². The number of benzene rings is 1. The fourth-order valence-electron chi connectivity index (χ4n) is 2.36. The van der Waals surface area contributed by atoms with Crippen molar-refractivity contribution in [2.24, 2.45) is 0 Å². The average molecular weight is 387 g/mol. The van der Waals surface area contributed by atoms with Gasteiger partial charge in [-0.1, -0.05) is 37.6 Å². The molecule has 8 heteroatoms. The van der Waals surface area contributed by atoms with Crippen LogP contribution < -0.4 is 10.9 Å². The number of anilines is 1. The molecule has 1 atom stereocenters. The lowest BCUT2D eigenvalue weighted by molar-refractivity contribution is -0.138. The second kappa shape index (κ2) is 7.95. The van der Waals surface area contributed by atoms with Crippen molar-refractivity contribution in [3.05, 3.63) is 63.0 Å². The van der Waals surface area contributed by atoms with Gasteiger partial charge in [-0.25, -0.2) is 0 Å². The molecular formula is C18H18ClF3N2O2. The number of rotatable bonds is 5. The van der Waals surface area contributed by atoms with Gasteiger partial charge in [-0.2, -0.15) is 13.2 Å². The highest BCUT2D eigenvalue weighted by Gasteiger charge is 2.32. The first-order valence-corrected chi connectivity index (χ1v) is 8.36. The first kappa shape index (κ1) is 20.0. The van der Waals surface area contributed by atoms with Gasteiger partial charge in [-0.3, -0.25) is 9.59 Å². The molecule has 0 bridgehead atoms. The summed E-state index contributed by atoms with van der Waals surface area (Å²) in [6.45, 7) is 3.57. The van der Waals surface area contributed by atoms with Crippen LogP contribution in [0.25, 0.3) is 0 Å². The van der Waals surface area contributed by atoms with Gasteiger partial charge in [0.2, 0.25) is 5.91 Å². The minimum absolute atomic E-state index is 0.380. The first-order valence-electron chi connectivity index (χ1n) is 7.98. The van der Waals surface area contributed by atoms with Crippen LogP contribution in [0.2, 0.25) is 5.02 Å². The molecule has 0 saturated heterocycles. The van der Waals surface area contributed by atoms with Gasteiger partial charge in [0.15, 0.2) is 0 Å². The van der Waals surface area contributed by atoms with Crippen molar-refractivity contribution in [2.75, 3.05) is 5.32 Å². The Bertz CT molecular complexity index is 845. The molecule has 1 aromatic heterocycles. The Balaban J connectivity index is 2.15. The van der Waals surface area contributed by atoms with Crippen LogP contribution in [0.4, 0.5) is 18.9 Å². The number of nitrogens with zero attached hydrogens (tertiary/aromatic N) is 1. The molecule has 0 aliphatic rings. The number of pyridine rings is 1. The van der Waals surface area contributed by atoms with E-state index in [1.54, 1.807) is 12.1 Å². The molecule has 1 amide bonds. The minimum atomic E-state index is -4.67. The van der Waals surface area contributed by atoms with Crippen molar-refractivity contribution in [3.63, 3.8) is 0 Å². The third-order valence-corrected chi connectivity index (χ3v) is 4.33. The van der Waals surface area contributed by atoms with E-state index in [-0.39, 0.29) is 0 Å². The van der Waals surface area contributed by atoms with E-state index in [1.807, 2.05) is 12.1 Å². The molecule has 0 saturated carbocycles. The van der Waals surface area contributed by atoms with E-state index in [4.69, 9.17) is 11.6 Å². The molecule has 2 aromatic rings. The third kappa shape index (κ3) is 4.88. The summed E-state index contributed by atoms with van der Waals surface area (Å²) in [7, 11) is 0. The van der Waals surface area contributed by atoms with Crippen LogP contribution in [0.15, 0.2) is 41.3 Å². The summed E-state index contributed by atoms with van der Waals surface area (Å²) in [6, 6.07) is 7.71. The largest absolute Gasteiger partial charge is 0.417 e. The predicted molar refractivity (Wildman–Crippen MR) is 94.5 cm³/mol. The minimum Gasteiger partial charge on any atom is -0.325 e. The van der Waals surface area contributed by atoms with E-state index < -0.39 is 34.8 Å². The average Bonchev–Trinajstić information content (AvgIpc) is 2.57. The molecule has 0 fully saturated rings. The van der Waals surface area contributed by atoms with Gasteiger partial charge in [0.1, 0.15) is 11.6 Å². The molecule has 0 aliphatic heterocycles. The second-order valence-corrected chi connectivity index (χ2v) is 6.39. The summed E-state index contributed by atoms with van der Waals surface area (Å²) < 4.78 is 39.1. The number of halogens is 4. The van der Waals surface area contributed by atoms with E-state index in [0.29, 0.717) is 28.4 Å². The monoisotopic (exact) mass is 386 g/mol. The lowest BCUT2D eigenvalue weighted by Gasteiger charge is -2.13. The van der Waals surface area contributed by atoms with E-state index >= 15 is 0 Å². The summed E-state index contributed by atoms with van der Waals surface area (Å²) in [5.74, 6) is -0.246. The molecule has 2 rings (SSSR count). The van der Waals surface area contributed by atoms with Gasteiger partial charge >= 0.3 is 6.18 Å². The Morgan fingerprint density at radius 3 is 2.42 bits per heavy atom. The van der Waals surface area contributed by atoms with Crippen LogP contribution in [-0.4, -0.2) is 10.5 Å². The first-order chi connectivity index (χ1) is 12.1. The number of hydrogen-bond donors (Lipinski definition) is 1. The van der Waals surface area contributed by atoms with Crippen LogP contribution in [0.5, 0.6) is 0 Å². The summed E-state index contributed by atoms with van der Waals surface area (Å²) in [4.78, 5) is 24.0. The quantitative estimate of drug-likeness (QED) is 0.811. The van der Waals surface area contributed by atoms with Crippen LogP contribution in [0, 0.1) is 0 Å². The lowest BCUT2D eigenvalue weighted by Crippen LogP contribution is -2.29. The second-order valence-electron chi connectivity index (χ2n) is 5.99. The van der Waals surface area contributed by atoms with Gasteiger partial charge in [-0.05, 0) is 36.1 Å². The Morgan fingerprint density at radius 2 is 1.88 bits per heavy atom. The normalized spacial score (nSPS) is 12.7. The molecule has 26 heavy (non-hydrogen) atoms. The van der Waals surface area contributed by atoms with Crippen LogP contribution >= 0.6 is 11.6 Å². The molecule has 1 aromatic carbocycles. The van der Waals surface area contributed by atoms with Crippen LogP contribution in [0.1, 0.15) is 37.3 Å². The predicted octanol–water partition coefficient (Wildman–Crippen LogP) is 4.67. The number of carbonyl (C=O) groups excluding carboxylic acids is 1. The smallest absolute Gasteiger partial charge is 0.325 e. The number of aromatic nitrogens is 1. The topological polar surface area (TPSA) is 51.1 Å². The van der Waals surface area contributed by atoms with Crippen molar-refractivity contribution >= 4 is 23.2 Å². The number of nitrogens with one attached hydrogen (secondary N) is 1. The Kier molecular flexibility index (Phi) is 6.13. The maximum Gasteiger partial charge on any atom is 0.417 e. The molecule has 1 N–H and O–H groups in total. The van der Waals surface area contributed by atoms with Gasteiger partial charge in [-0.15, -0.1) is 0 Å². The zero-order valence-electron chi connectivity index (χ0n) is 14.2. The van der Waals surface area contributed by atoms with E-state index in [0.717, 1.165) is 12.0 Å². The van der Waals surface area contributed by atoms with E-state index in [1.165, 1.54) is 0 Å². The summed E-state index contributed by atoms with van der Waals surface area (Å²) >= 11 is 5.56. The maximum atomic E-state index is 12.8. The fourth-order valence-corrected chi connectivity index (χ4v) is 2.58. The highest BCUT2D eigenvalue weighted by Crippen LogP contribution is 2.29. The number of carbonyl (C=O) groups is 1. The van der Waals surface area contributed by atoms with Crippen molar-refractivity contribution < 1.29 is 18.0 Å². The Hall–Kier alpha value is -2.28. The molecule has 1 heterocycles. The van der Waals surface area contributed by atoms with Gasteiger partial charge < -0.3 is 9.88 Å². The van der Waals surface area contributed by atoms with Crippen LogP contribution in [-0.2, 0) is 17.5 Å². The molecular weight excluding hydrogens is 369 g/mol. The number of alkyl halides is 3. The Morgan fingerprint density at radius 1 is 1.27 bits per heavy atom. The number of amides is 1. The molecule has 140 valence electrons. The maximum absolute atomic E-state index is 12.8. The van der Waals surface area contributed by atoms with Gasteiger partial charge in [0, 0.05) is 11.9 Å². The van der Waals surface area contributed by atoms with Crippen molar-refractivity contribution in [1.82, 2.24) is 4.57 Å². The van der Waals surface area contributed by atoms with Crippen LogP contribution in [0.3, 0.4) is 0 Å². The summed E-state index contributed by atoms with van der Waals surface area (Å²) in [5.41, 5.74) is -0.339. The SMILES string of the molecule is CCC(C)c1ccc(NC(=O)Cn2cc(C(F)(F)F)cc(Cl)c2=O)cc1. The lowest BCUT2D eigenvalue weighted by atomic mass is 9.99. The number of hydrogen-bond acceptors (Lipinski definition) is 2. The molecule has 1 unspecified atom stereocenters. The van der Waals surface area contributed by atoms with E-state index in [9.17, 15) is 22.8 Å². The highest BCUT2D eigenvalue weighted by molar-refractivity contribution is 6.30. The standard InChI is InChI=1S/C18H18ClF3N2O2/c1-3-11(2)12-4-6-14(7-5-12)23-16(25)10-24-9-13(18(20,21)22)8-15(19)17(24)26/h4-9,11H,3,10H2,1-2H3,(H,23,25). The zero-order chi connectivity index (χ0) is 19.5. The fraction of sp³-hybridized carbons (Fsp3) is 0.333. The molecule has 0 aliphatic carbocycles. The third-order valence-electron chi connectivity index (χ3n) is 4.06. The van der Waals surface area contributed by atoms with Gasteiger partial charge in [0.25, 0.3) is 5.56 Å². The molecule has 0 radical (unpaired) electrons. The van der Waals surface area contributed by atoms with E-state index in [2.05, 4.69) is 19.2 Å². The van der Waals surface area contributed by atoms with Gasteiger partial charge in [0.05, 0.1) is 5.56 Å². The zero-order valence-corrected chi connectivity index (χ0v) is 15.0. The molecule has 4 nitrogen and oxygen atoms in total. The Labute approximate surface area is 153 Å². The summed E-state index contributed by atoms with van der Waals surface area (Å²) in [6.07, 6.45) is -3.11. The van der Waals surface area contributed by atoms with Crippen molar-refractivity contribution in [3.8, 4) is 0 Å². The highest BCUT2D eigenvalue weighted by atomic mass is 35.5. The summed E-state index contributed by atoms with van der Waals surface area (Å²) in [5, 5.41) is 1.96. The molecule has 0 spiro atoms. The van der Waals surface area contributed by atoms with Crippen molar-refractivity contribution in [1.29, 1.82) is 0 Å².